The highest BCUT2D eigenvalue weighted by molar-refractivity contribution is 7.89. The highest BCUT2D eigenvalue weighted by Gasteiger charge is 2.36. The van der Waals surface area contributed by atoms with Crippen LogP contribution >= 0.6 is 11.3 Å². The predicted molar refractivity (Wildman–Crippen MR) is 105 cm³/mol. The second-order valence-corrected chi connectivity index (χ2v) is 10.4. The molecule has 8 heteroatoms. The average Bonchev–Trinajstić information content (AvgIpc) is 3.31. The van der Waals surface area contributed by atoms with E-state index < -0.39 is 10.0 Å². The van der Waals surface area contributed by atoms with Gasteiger partial charge in [0.1, 0.15) is 0 Å². The summed E-state index contributed by atoms with van der Waals surface area (Å²) in [6, 6.07) is 3.86. The number of aromatic nitrogens is 1. The molecule has 27 heavy (non-hydrogen) atoms. The number of hydrogen-bond donors (Lipinski definition) is 0. The zero-order valence-corrected chi connectivity index (χ0v) is 17.3. The second kappa shape index (κ2) is 7.07. The van der Waals surface area contributed by atoms with E-state index in [9.17, 15) is 13.2 Å². The average molecular weight is 408 g/mol. The van der Waals surface area contributed by atoms with E-state index >= 15 is 0 Å². The van der Waals surface area contributed by atoms with Gasteiger partial charge in [0.25, 0.3) is 0 Å². The van der Waals surface area contributed by atoms with E-state index in [2.05, 4.69) is 18.4 Å². The molecule has 0 radical (unpaired) electrons. The van der Waals surface area contributed by atoms with Gasteiger partial charge in [-0.25, -0.2) is 8.42 Å². The summed E-state index contributed by atoms with van der Waals surface area (Å²) in [5, 5.41) is 2.10. The Morgan fingerprint density at radius 3 is 2.59 bits per heavy atom. The Hall–Kier alpha value is -1.64. The number of thiophene rings is 1. The van der Waals surface area contributed by atoms with E-state index in [1.165, 1.54) is 14.7 Å². The summed E-state index contributed by atoms with van der Waals surface area (Å²) in [6.45, 7) is 3.66. The molecule has 0 N–H and O–H groups in total. The fourth-order valence-corrected chi connectivity index (χ4v) is 6.65. The number of aryl methyl sites for hydroxylation is 1. The van der Waals surface area contributed by atoms with Crippen molar-refractivity contribution in [2.75, 3.05) is 19.6 Å². The third-order valence-electron chi connectivity index (χ3n) is 5.81. The van der Waals surface area contributed by atoms with Gasteiger partial charge >= 0.3 is 0 Å². The van der Waals surface area contributed by atoms with Gasteiger partial charge in [-0.2, -0.15) is 4.31 Å². The summed E-state index contributed by atoms with van der Waals surface area (Å²) in [6.07, 6.45) is 5.46. The fraction of sp³-hybridized carbons (Fsp3) is 0.526. The Labute approximate surface area is 164 Å². The summed E-state index contributed by atoms with van der Waals surface area (Å²) < 4.78 is 28.8. The highest BCUT2D eigenvalue weighted by atomic mass is 32.2. The number of nitrogens with zero attached hydrogens (tertiary/aromatic N) is 3. The second-order valence-electron chi connectivity index (χ2n) is 7.45. The quantitative estimate of drug-likeness (QED) is 0.786. The van der Waals surface area contributed by atoms with E-state index in [0.717, 1.165) is 13.0 Å². The van der Waals surface area contributed by atoms with Crippen LogP contribution in [0.25, 0.3) is 0 Å². The van der Waals surface area contributed by atoms with Crippen LogP contribution in [-0.4, -0.2) is 47.7 Å². The third-order valence-corrected chi connectivity index (χ3v) is 8.68. The standard InChI is InChI=1S/C19H25N3O3S2/c1-14-17-7-12-26-18(17)6-11-22(14)19(23)15-3-9-21(10-4-15)27(24,25)16-5-8-20(2)13-16/h5,7-8,12-15H,3-4,6,9-11H2,1-2H3. The van der Waals surface area contributed by atoms with E-state index in [0.29, 0.717) is 30.8 Å². The Kier molecular flexibility index (Phi) is 4.90. The van der Waals surface area contributed by atoms with Crippen molar-refractivity contribution < 1.29 is 13.2 Å². The minimum atomic E-state index is -3.47. The fourth-order valence-electron chi connectivity index (χ4n) is 4.17. The van der Waals surface area contributed by atoms with Crippen LogP contribution in [0.3, 0.4) is 0 Å². The van der Waals surface area contributed by atoms with Crippen LogP contribution in [0.1, 0.15) is 36.2 Å². The molecule has 6 nitrogen and oxygen atoms in total. The van der Waals surface area contributed by atoms with Gasteiger partial charge in [0, 0.05) is 49.9 Å². The molecule has 4 heterocycles. The Bertz CT molecular complexity index is 939. The maximum Gasteiger partial charge on any atom is 0.244 e. The molecule has 1 fully saturated rings. The zero-order chi connectivity index (χ0) is 19.2. The van der Waals surface area contributed by atoms with E-state index in [1.807, 2.05) is 11.9 Å². The van der Waals surface area contributed by atoms with Crippen molar-refractivity contribution in [3.05, 3.63) is 40.3 Å². The summed E-state index contributed by atoms with van der Waals surface area (Å²) in [5.41, 5.74) is 1.27. The van der Waals surface area contributed by atoms with Crippen molar-refractivity contribution in [3.63, 3.8) is 0 Å². The SMILES string of the molecule is CC1c2ccsc2CCN1C(=O)C1CCN(S(=O)(=O)c2ccn(C)c2)CC1. The van der Waals surface area contributed by atoms with Gasteiger partial charge in [0.05, 0.1) is 10.9 Å². The summed E-state index contributed by atoms with van der Waals surface area (Å²) >= 11 is 1.77. The first-order valence-corrected chi connectivity index (χ1v) is 11.7. The molecule has 0 aliphatic carbocycles. The largest absolute Gasteiger partial charge is 0.356 e. The van der Waals surface area contributed by atoms with Gasteiger partial charge in [0.2, 0.25) is 15.9 Å². The molecule has 0 saturated carbocycles. The lowest BCUT2D eigenvalue weighted by Gasteiger charge is -2.38. The molecule has 4 rings (SSSR count). The van der Waals surface area contributed by atoms with E-state index in [1.54, 1.807) is 34.4 Å². The molecular weight excluding hydrogens is 382 g/mol. The molecule has 0 bridgehead atoms. The molecule has 1 saturated heterocycles. The van der Waals surface area contributed by atoms with Crippen LogP contribution in [-0.2, 0) is 28.3 Å². The molecule has 1 atom stereocenters. The Balaban J connectivity index is 1.41. The first-order valence-electron chi connectivity index (χ1n) is 9.37. The monoisotopic (exact) mass is 407 g/mol. The summed E-state index contributed by atoms with van der Waals surface area (Å²) in [7, 11) is -1.66. The molecule has 2 aromatic heterocycles. The highest BCUT2D eigenvalue weighted by Crippen LogP contribution is 2.35. The number of rotatable bonds is 3. The summed E-state index contributed by atoms with van der Waals surface area (Å²) in [5.74, 6) is 0.0889. The first kappa shape index (κ1) is 18.7. The number of fused-ring (bicyclic) bond motifs is 1. The minimum Gasteiger partial charge on any atom is -0.356 e. The maximum atomic E-state index is 13.1. The smallest absolute Gasteiger partial charge is 0.244 e. The summed E-state index contributed by atoms with van der Waals surface area (Å²) in [4.78, 5) is 16.8. The maximum absolute atomic E-state index is 13.1. The molecule has 2 aromatic rings. The van der Waals surface area contributed by atoms with Crippen LogP contribution in [0.2, 0.25) is 0 Å². The lowest BCUT2D eigenvalue weighted by atomic mass is 9.93. The van der Waals surface area contributed by atoms with Crippen LogP contribution in [0.5, 0.6) is 0 Å². The molecule has 2 aliphatic heterocycles. The number of carbonyl (C=O) groups is 1. The molecule has 2 aliphatic rings. The third kappa shape index (κ3) is 3.34. The van der Waals surface area contributed by atoms with Crippen molar-refractivity contribution in [2.24, 2.45) is 13.0 Å². The molecule has 0 spiro atoms. The van der Waals surface area contributed by atoms with Crippen LogP contribution in [0, 0.1) is 5.92 Å². The van der Waals surface area contributed by atoms with Gasteiger partial charge in [-0.3, -0.25) is 4.79 Å². The Morgan fingerprint density at radius 1 is 1.19 bits per heavy atom. The lowest BCUT2D eigenvalue weighted by Crippen LogP contribution is -2.46. The van der Waals surface area contributed by atoms with Crippen LogP contribution in [0.15, 0.2) is 34.8 Å². The van der Waals surface area contributed by atoms with E-state index in [4.69, 9.17) is 0 Å². The first-order chi connectivity index (χ1) is 12.9. The minimum absolute atomic E-state index is 0.0881. The van der Waals surface area contributed by atoms with Crippen molar-refractivity contribution in [1.29, 1.82) is 0 Å². The van der Waals surface area contributed by atoms with Crippen molar-refractivity contribution in [3.8, 4) is 0 Å². The normalized spacial score (nSPS) is 22.0. The van der Waals surface area contributed by atoms with Gasteiger partial charge in [-0.05, 0) is 49.3 Å². The van der Waals surface area contributed by atoms with E-state index in [-0.39, 0.29) is 17.9 Å². The molecule has 1 amide bonds. The molecule has 146 valence electrons. The number of amides is 1. The topological polar surface area (TPSA) is 62.6 Å². The van der Waals surface area contributed by atoms with Crippen molar-refractivity contribution in [1.82, 2.24) is 13.8 Å². The number of sulfonamides is 1. The van der Waals surface area contributed by atoms with Gasteiger partial charge in [-0.1, -0.05) is 0 Å². The number of hydrogen-bond acceptors (Lipinski definition) is 4. The number of carbonyl (C=O) groups excluding carboxylic acids is 1. The van der Waals surface area contributed by atoms with Crippen LogP contribution in [0.4, 0.5) is 0 Å². The zero-order valence-electron chi connectivity index (χ0n) is 15.7. The van der Waals surface area contributed by atoms with Crippen molar-refractivity contribution in [2.45, 2.75) is 37.1 Å². The predicted octanol–water partition coefficient (Wildman–Crippen LogP) is 2.63. The molecular formula is C19H25N3O3S2. The lowest BCUT2D eigenvalue weighted by molar-refractivity contribution is -0.139. The van der Waals surface area contributed by atoms with Gasteiger partial charge in [-0.15, -0.1) is 11.3 Å². The Morgan fingerprint density at radius 2 is 1.93 bits per heavy atom. The molecule has 0 aromatic carbocycles. The van der Waals surface area contributed by atoms with Crippen LogP contribution < -0.4 is 0 Å². The van der Waals surface area contributed by atoms with Gasteiger partial charge < -0.3 is 9.47 Å². The number of piperidine rings is 1. The van der Waals surface area contributed by atoms with Gasteiger partial charge in [0.15, 0.2) is 0 Å². The molecule has 1 unspecified atom stereocenters. The van der Waals surface area contributed by atoms with Crippen molar-refractivity contribution >= 4 is 27.3 Å².